The smallest absolute Gasteiger partial charge is 0.352 e. The second-order valence-electron chi connectivity index (χ2n) is 6.63. The van der Waals surface area contributed by atoms with Gasteiger partial charge in [-0.1, -0.05) is 6.92 Å². The molecule has 9 heteroatoms. The molecule has 2 unspecified atom stereocenters. The Morgan fingerprint density at radius 3 is 2.36 bits per heavy atom. The summed E-state index contributed by atoms with van der Waals surface area (Å²) in [5.41, 5.74) is 0. The predicted octanol–water partition coefficient (Wildman–Crippen LogP) is 1.19. The number of hydrogen-bond donors (Lipinski definition) is 2. The van der Waals surface area contributed by atoms with Crippen molar-refractivity contribution in [2.45, 2.75) is 51.4 Å². The lowest BCUT2D eigenvalue weighted by molar-refractivity contribution is -0.143. The molecular weight excluding hydrogens is 335 g/mol. The average Bonchev–Trinajstić information content (AvgIpc) is 3.15. The van der Waals surface area contributed by atoms with Gasteiger partial charge in [-0.2, -0.15) is 13.2 Å². The molecule has 2 aliphatic heterocycles. The van der Waals surface area contributed by atoms with E-state index in [0.29, 0.717) is 45.0 Å². The second-order valence-corrected chi connectivity index (χ2v) is 6.63. The molecule has 6 nitrogen and oxygen atoms in total. The van der Waals surface area contributed by atoms with Crippen molar-refractivity contribution in [2.24, 2.45) is 4.99 Å². The zero-order valence-corrected chi connectivity index (χ0v) is 14.9. The van der Waals surface area contributed by atoms with E-state index in [1.54, 1.807) is 0 Å². The lowest BCUT2D eigenvalue weighted by Gasteiger charge is -2.22. The third kappa shape index (κ3) is 6.37. The second kappa shape index (κ2) is 8.73. The molecule has 0 bridgehead atoms. The van der Waals surface area contributed by atoms with Crippen molar-refractivity contribution in [3.05, 3.63) is 0 Å². The van der Waals surface area contributed by atoms with E-state index in [4.69, 9.17) is 0 Å². The van der Waals surface area contributed by atoms with Crippen LogP contribution in [0.4, 0.5) is 13.2 Å². The van der Waals surface area contributed by atoms with Crippen LogP contribution in [-0.2, 0) is 4.79 Å². The van der Waals surface area contributed by atoms with Crippen LogP contribution >= 0.6 is 0 Å². The number of rotatable bonds is 5. The van der Waals surface area contributed by atoms with E-state index in [1.807, 2.05) is 18.7 Å². The maximum atomic E-state index is 12.5. The molecule has 0 aromatic heterocycles. The van der Waals surface area contributed by atoms with E-state index in [1.165, 1.54) is 4.90 Å². The van der Waals surface area contributed by atoms with E-state index in [0.717, 1.165) is 13.0 Å². The van der Waals surface area contributed by atoms with Gasteiger partial charge in [-0.25, -0.2) is 0 Å². The number of nitrogens with one attached hydrogen (secondary N) is 2. The molecule has 25 heavy (non-hydrogen) atoms. The number of amides is 1. The Bertz CT molecular complexity index is 483. The molecule has 2 N–H and O–H groups in total. The standard InChI is InChI=1S/C16H28F3N5O/c1-3-14(25)24-8-6-13(10-24)22-15(20-4-2)21-12-5-7-23(9-12)11-16(17,18)19/h12-13H,3-11H2,1-2H3,(H2,20,21,22). The van der Waals surface area contributed by atoms with Gasteiger partial charge in [-0.3, -0.25) is 14.7 Å². The van der Waals surface area contributed by atoms with Crippen LogP contribution in [0.15, 0.2) is 4.99 Å². The summed E-state index contributed by atoms with van der Waals surface area (Å²) in [5.74, 6) is 0.766. The highest BCUT2D eigenvalue weighted by molar-refractivity contribution is 5.81. The maximum absolute atomic E-state index is 12.5. The first-order chi connectivity index (χ1) is 11.8. The van der Waals surface area contributed by atoms with Crippen LogP contribution in [0.5, 0.6) is 0 Å². The van der Waals surface area contributed by atoms with Crippen molar-refractivity contribution in [2.75, 3.05) is 39.3 Å². The van der Waals surface area contributed by atoms with Crippen LogP contribution in [0.2, 0.25) is 0 Å². The molecule has 2 heterocycles. The van der Waals surface area contributed by atoms with Gasteiger partial charge in [0.2, 0.25) is 5.91 Å². The quantitative estimate of drug-likeness (QED) is 0.569. The van der Waals surface area contributed by atoms with Crippen molar-refractivity contribution in [3.63, 3.8) is 0 Å². The molecular formula is C16H28F3N5O. The highest BCUT2D eigenvalue weighted by Crippen LogP contribution is 2.20. The van der Waals surface area contributed by atoms with E-state index in [-0.39, 0.29) is 18.0 Å². The Labute approximate surface area is 146 Å². The van der Waals surface area contributed by atoms with Gasteiger partial charge in [0.15, 0.2) is 5.96 Å². The Morgan fingerprint density at radius 1 is 1.12 bits per heavy atom. The van der Waals surface area contributed by atoms with Crippen molar-refractivity contribution >= 4 is 11.9 Å². The number of nitrogens with zero attached hydrogens (tertiary/aromatic N) is 3. The molecule has 0 aromatic rings. The van der Waals surface area contributed by atoms with Crippen LogP contribution in [0.1, 0.15) is 33.1 Å². The third-order valence-corrected chi connectivity index (χ3v) is 4.52. The molecule has 0 aliphatic carbocycles. The number of carbonyl (C=O) groups excluding carboxylic acids is 1. The Balaban J connectivity index is 1.82. The number of alkyl halides is 3. The minimum atomic E-state index is -4.16. The van der Waals surface area contributed by atoms with Gasteiger partial charge in [0.05, 0.1) is 6.54 Å². The molecule has 0 radical (unpaired) electrons. The van der Waals surface area contributed by atoms with E-state index in [9.17, 15) is 18.0 Å². The highest BCUT2D eigenvalue weighted by atomic mass is 19.4. The Kier molecular flexibility index (Phi) is 6.92. The van der Waals surface area contributed by atoms with Gasteiger partial charge in [0.1, 0.15) is 0 Å². The molecule has 1 amide bonds. The summed E-state index contributed by atoms with van der Waals surface area (Å²) >= 11 is 0. The summed E-state index contributed by atoms with van der Waals surface area (Å²) in [5, 5.41) is 6.56. The van der Waals surface area contributed by atoms with Gasteiger partial charge in [0.25, 0.3) is 0 Å². The van der Waals surface area contributed by atoms with Crippen molar-refractivity contribution in [1.29, 1.82) is 0 Å². The van der Waals surface area contributed by atoms with Crippen LogP contribution < -0.4 is 10.6 Å². The minimum absolute atomic E-state index is 0.0464. The van der Waals surface area contributed by atoms with E-state index in [2.05, 4.69) is 15.6 Å². The number of guanidine groups is 1. The molecule has 0 spiro atoms. The number of likely N-dealkylation sites (tertiary alicyclic amines) is 2. The molecule has 2 rings (SSSR count). The molecule has 0 saturated carbocycles. The molecule has 2 aliphatic rings. The zero-order chi connectivity index (χ0) is 18.4. The van der Waals surface area contributed by atoms with Crippen molar-refractivity contribution < 1.29 is 18.0 Å². The van der Waals surface area contributed by atoms with Crippen molar-refractivity contribution in [3.8, 4) is 0 Å². The summed E-state index contributed by atoms with van der Waals surface area (Å²) in [6.07, 6.45) is -2.16. The van der Waals surface area contributed by atoms with Crippen LogP contribution in [-0.4, -0.2) is 79.2 Å². The molecule has 0 aromatic carbocycles. The largest absolute Gasteiger partial charge is 0.401 e. The topological polar surface area (TPSA) is 60.0 Å². The minimum Gasteiger partial charge on any atom is -0.352 e. The predicted molar refractivity (Wildman–Crippen MR) is 90.4 cm³/mol. The zero-order valence-electron chi connectivity index (χ0n) is 14.9. The average molecular weight is 363 g/mol. The Hall–Kier alpha value is -1.51. The van der Waals surface area contributed by atoms with E-state index < -0.39 is 12.7 Å². The van der Waals surface area contributed by atoms with Gasteiger partial charge < -0.3 is 15.5 Å². The summed E-state index contributed by atoms with van der Waals surface area (Å²) in [7, 11) is 0. The monoisotopic (exact) mass is 363 g/mol. The fourth-order valence-electron chi connectivity index (χ4n) is 3.35. The fourth-order valence-corrected chi connectivity index (χ4v) is 3.35. The van der Waals surface area contributed by atoms with Gasteiger partial charge >= 0.3 is 6.18 Å². The van der Waals surface area contributed by atoms with Gasteiger partial charge in [0, 0.05) is 51.2 Å². The number of hydrogen-bond acceptors (Lipinski definition) is 3. The van der Waals surface area contributed by atoms with Crippen LogP contribution in [0.25, 0.3) is 0 Å². The maximum Gasteiger partial charge on any atom is 0.401 e. The highest BCUT2D eigenvalue weighted by Gasteiger charge is 2.34. The first-order valence-electron chi connectivity index (χ1n) is 8.95. The summed E-state index contributed by atoms with van der Waals surface area (Å²) in [6.45, 7) is 5.63. The van der Waals surface area contributed by atoms with Crippen molar-refractivity contribution in [1.82, 2.24) is 20.4 Å². The fraction of sp³-hybridized carbons (Fsp3) is 0.875. The SMILES string of the molecule is CCN=C(NC1CCN(CC(F)(F)F)C1)NC1CCN(C(=O)CC)C1. The molecule has 144 valence electrons. The van der Waals surface area contributed by atoms with Gasteiger partial charge in [-0.15, -0.1) is 0 Å². The van der Waals surface area contributed by atoms with Crippen LogP contribution in [0.3, 0.4) is 0 Å². The van der Waals surface area contributed by atoms with Crippen LogP contribution in [0, 0.1) is 0 Å². The lowest BCUT2D eigenvalue weighted by atomic mass is 10.2. The molecule has 2 atom stereocenters. The van der Waals surface area contributed by atoms with E-state index >= 15 is 0 Å². The summed E-state index contributed by atoms with van der Waals surface area (Å²) < 4.78 is 37.5. The van der Waals surface area contributed by atoms with Gasteiger partial charge in [-0.05, 0) is 19.8 Å². The number of aliphatic imine (C=N–C) groups is 1. The molecule has 2 saturated heterocycles. The normalized spacial score (nSPS) is 25.5. The molecule has 2 fully saturated rings. The third-order valence-electron chi connectivity index (χ3n) is 4.52. The first kappa shape index (κ1) is 19.8. The Morgan fingerprint density at radius 2 is 1.76 bits per heavy atom. The number of halogens is 3. The first-order valence-corrected chi connectivity index (χ1v) is 8.95. The lowest BCUT2D eigenvalue weighted by Crippen LogP contribution is -2.49. The summed E-state index contributed by atoms with van der Waals surface area (Å²) in [4.78, 5) is 19.4. The number of carbonyl (C=O) groups is 1. The summed E-state index contributed by atoms with van der Waals surface area (Å²) in [6, 6.07) is 0.0795.